The molecular weight excluding hydrogens is 216 g/mol. The van der Waals surface area contributed by atoms with E-state index < -0.39 is 11.6 Å². The molecule has 0 aromatic carbocycles. The fourth-order valence-electron chi connectivity index (χ4n) is 1.52. The van der Waals surface area contributed by atoms with Crippen molar-refractivity contribution in [3.8, 4) is 0 Å². The molecule has 1 saturated heterocycles. The first-order valence-electron chi connectivity index (χ1n) is 5.12. The van der Waals surface area contributed by atoms with Crippen LogP contribution < -0.4 is 10.6 Å². The molecule has 1 aliphatic rings. The molecule has 2 N–H and O–H groups in total. The first-order valence-corrected chi connectivity index (χ1v) is 5.12. The number of halogens is 2. The molecule has 2 rings (SSSR count). The van der Waals surface area contributed by atoms with Crippen LogP contribution in [0.15, 0.2) is 12.3 Å². The van der Waals surface area contributed by atoms with Gasteiger partial charge in [0.1, 0.15) is 5.82 Å². The van der Waals surface area contributed by atoms with Gasteiger partial charge in [-0.3, -0.25) is 0 Å². The second-order valence-electron chi connectivity index (χ2n) is 3.59. The highest BCUT2D eigenvalue weighted by molar-refractivity contribution is 5.35. The number of rotatable bonds is 3. The zero-order chi connectivity index (χ0) is 11.4. The van der Waals surface area contributed by atoms with Crippen molar-refractivity contribution >= 4 is 5.82 Å². The van der Waals surface area contributed by atoms with E-state index in [0.29, 0.717) is 19.8 Å². The molecule has 0 saturated carbocycles. The monoisotopic (exact) mass is 229 g/mol. The van der Waals surface area contributed by atoms with Crippen molar-refractivity contribution < 1.29 is 13.5 Å². The SMILES string of the molecule is Fc1cnc(NCC2COCCN2)c(F)c1. The molecule has 0 spiro atoms. The van der Waals surface area contributed by atoms with Crippen molar-refractivity contribution in [2.45, 2.75) is 6.04 Å². The van der Waals surface area contributed by atoms with E-state index in [2.05, 4.69) is 15.6 Å². The normalized spacial score (nSPS) is 20.8. The topological polar surface area (TPSA) is 46.2 Å². The number of nitrogens with one attached hydrogen (secondary N) is 2. The highest BCUT2D eigenvalue weighted by Crippen LogP contribution is 2.11. The van der Waals surface area contributed by atoms with Crippen molar-refractivity contribution in [3.63, 3.8) is 0 Å². The number of hydrogen-bond acceptors (Lipinski definition) is 4. The Hall–Kier alpha value is -1.27. The quantitative estimate of drug-likeness (QED) is 0.803. The van der Waals surface area contributed by atoms with Crippen molar-refractivity contribution in [2.24, 2.45) is 0 Å². The summed E-state index contributed by atoms with van der Waals surface area (Å²) in [5.74, 6) is -1.30. The third-order valence-corrected chi connectivity index (χ3v) is 2.32. The summed E-state index contributed by atoms with van der Waals surface area (Å²) in [6.07, 6.45) is 0.982. The molecule has 6 heteroatoms. The molecular formula is C10H13F2N3O. The molecule has 0 aliphatic carbocycles. The van der Waals surface area contributed by atoms with Gasteiger partial charge in [-0.05, 0) is 0 Å². The summed E-state index contributed by atoms with van der Waals surface area (Å²) in [7, 11) is 0. The molecule has 16 heavy (non-hydrogen) atoms. The van der Waals surface area contributed by atoms with Crippen molar-refractivity contribution in [3.05, 3.63) is 23.9 Å². The Morgan fingerprint density at radius 3 is 3.12 bits per heavy atom. The number of aromatic nitrogens is 1. The maximum Gasteiger partial charge on any atom is 0.168 e. The third kappa shape index (κ3) is 2.86. The summed E-state index contributed by atoms with van der Waals surface area (Å²) in [4.78, 5) is 3.63. The predicted molar refractivity (Wildman–Crippen MR) is 55.3 cm³/mol. The average Bonchev–Trinajstić information content (AvgIpc) is 2.29. The van der Waals surface area contributed by atoms with Gasteiger partial charge in [0.2, 0.25) is 0 Å². The number of morpholine rings is 1. The number of anilines is 1. The van der Waals surface area contributed by atoms with Gasteiger partial charge in [-0.1, -0.05) is 0 Å². The standard InChI is InChI=1S/C10H13F2N3O/c11-7-3-9(12)10(14-4-7)15-5-8-6-16-2-1-13-8/h3-4,8,13H,1-2,5-6H2,(H,14,15). The fraction of sp³-hybridized carbons (Fsp3) is 0.500. The first kappa shape index (κ1) is 11.2. The number of ether oxygens (including phenoxy) is 1. The second-order valence-corrected chi connectivity index (χ2v) is 3.59. The Morgan fingerprint density at radius 1 is 1.56 bits per heavy atom. The molecule has 1 atom stereocenters. The maximum atomic E-state index is 13.2. The summed E-state index contributed by atoms with van der Waals surface area (Å²) in [6, 6.07) is 0.931. The van der Waals surface area contributed by atoms with Crippen LogP contribution in [0.25, 0.3) is 0 Å². The van der Waals surface area contributed by atoms with Gasteiger partial charge in [-0.25, -0.2) is 13.8 Å². The zero-order valence-corrected chi connectivity index (χ0v) is 8.67. The molecule has 4 nitrogen and oxygen atoms in total. The minimum absolute atomic E-state index is 0.0637. The summed E-state index contributed by atoms with van der Waals surface area (Å²) in [5.41, 5.74) is 0. The molecule has 1 fully saturated rings. The molecule has 0 amide bonds. The largest absolute Gasteiger partial charge is 0.378 e. The van der Waals surface area contributed by atoms with Crippen LogP contribution in [0.4, 0.5) is 14.6 Å². The molecule has 1 aliphatic heterocycles. The summed E-state index contributed by atoms with van der Waals surface area (Å²) in [6.45, 7) is 2.55. The van der Waals surface area contributed by atoms with Crippen LogP contribution in [0, 0.1) is 11.6 Å². The fourth-order valence-corrected chi connectivity index (χ4v) is 1.52. The second kappa shape index (κ2) is 5.18. The lowest BCUT2D eigenvalue weighted by Gasteiger charge is -2.24. The molecule has 0 bridgehead atoms. The van der Waals surface area contributed by atoms with E-state index in [9.17, 15) is 8.78 Å². The zero-order valence-electron chi connectivity index (χ0n) is 8.67. The molecule has 1 aromatic rings. The van der Waals surface area contributed by atoms with Crippen LogP contribution in [0.5, 0.6) is 0 Å². The van der Waals surface area contributed by atoms with E-state index >= 15 is 0 Å². The minimum atomic E-state index is -0.684. The Morgan fingerprint density at radius 2 is 2.44 bits per heavy atom. The van der Waals surface area contributed by atoms with Crippen molar-refractivity contribution in [1.82, 2.24) is 10.3 Å². The van der Waals surface area contributed by atoms with E-state index in [1.807, 2.05) is 0 Å². The molecule has 88 valence electrons. The third-order valence-electron chi connectivity index (χ3n) is 2.32. The smallest absolute Gasteiger partial charge is 0.168 e. The molecule has 2 heterocycles. The number of nitrogens with zero attached hydrogens (tertiary/aromatic N) is 1. The summed E-state index contributed by atoms with van der Waals surface area (Å²) < 4.78 is 31.0. The Bertz CT molecular complexity index is 356. The van der Waals surface area contributed by atoms with E-state index in [-0.39, 0.29) is 11.9 Å². The van der Waals surface area contributed by atoms with Crippen LogP contribution in [-0.4, -0.2) is 37.3 Å². The van der Waals surface area contributed by atoms with Gasteiger partial charge in [0.15, 0.2) is 11.6 Å². The van der Waals surface area contributed by atoms with Gasteiger partial charge in [0, 0.05) is 25.2 Å². The van der Waals surface area contributed by atoms with Gasteiger partial charge >= 0.3 is 0 Å². The Labute approximate surface area is 92.0 Å². The van der Waals surface area contributed by atoms with Crippen LogP contribution in [0.1, 0.15) is 0 Å². The van der Waals surface area contributed by atoms with E-state index in [1.54, 1.807) is 0 Å². The van der Waals surface area contributed by atoms with E-state index in [1.165, 1.54) is 0 Å². The van der Waals surface area contributed by atoms with Crippen LogP contribution in [-0.2, 0) is 4.74 Å². The lowest BCUT2D eigenvalue weighted by atomic mass is 10.3. The van der Waals surface area contributed by atoms with Crippen LogP contribution in [0.2, 0.25) is 0 Å². The highest BCUT2D eigenvalue weighted by Gasteiger charge is 2.13. The first-order chi connectivity index (χ1) is 7.75. The van der Waals surface area contributed by atoms with Crippen LogP contribution in [0.3, 0.4) is 0 Å². The van der Waals surface area contributed by atoms with Gasteiger partial charge < -0.3 is 15.4 Å². The van der Waals surface area contributed by atoms with Crippen molar-refractivity contribution in [2.75, 3.05) is 31.6 Å². The highest BCUT2D eigenvalue weighted by atomic mass is 19.1. The van der Waals surface area contributed by atoms with Gasteiger partial charge in [-0.15, -0.1) is 0 Å². The molecule has 1 unspecified atom stereocenters. The van der Waals surface area contributed by atoms with Crippen molar-refractivity contribution in [1.29, 1.82) is 0 Å². The van der Waals surface area contributed by atoms with Gasteiger partial charge in [0.05, 0.1) is 19.4 Å². The molecule has 0 radical (unpaired) electrons. The van der Waals surface area contributed by atoms with E-state index in [0.717, 1.165) is 18.8 Å². The lowest BCUT2D eigenvalue weighted by Crippen LogP contribution is -2.45. The Balaban J connectivity index is 1.88. The lowest BCUT2D eigenvalue weighted by molar-refractivity contribution is 0.0806. The number of hydrogen-bond donors (Lipinski definition) is 2. The number of pyridine rings is 1. The van der Waals surface area contributed by atoms with Crippen LogP contribution >= 0.6 is 0 Å². The van der Waals surface area contributed by atoms with Gasteiger partial charge in [-0.2, -0.15) is 0 Å². The molecule has 1 aromatic heterocycles. The summed E-state index contributed by atoms with van der Waals surface area (Å²) >= 11 is 0. The van der Waals surface area contributed by atoms with E-state index in [4.69, 9.17) is 4.74 Å². The Kier molecular flexibility index (Phi) is 3.63. The predicted octanol–water partition coefficient (Wildman–Crippen LogP) is 0.760. The maximum absolute atomic E-state index is 13.2. The van der Waals surface area contributed by atoms with Gasteiger partial charge in [0.25, 0.3) is 0 Å². The average molecular weight is 229 g/mol. The summed E-state index contributed by atoms with van der Waals surface area (Å²) in [5, 5.41) is 6.02. The minimum Gasteiger partial charge on any atom is -0.378 e.